The van der Waals surface area contributed by atoms with Crippen LogP contribution < -0.4 is 10.6 Å². The van der Waals surface area contributed by atoms with E-state index in [2.05, 4.69) is 16.7 Å². The number of hydrogen-bond donors (Lipinski definition) is 3. The molecule has 3 N–H and O–H groups in total. The summed E-state index contributed by atoms with van der Waals surface area (Å²) in [4.78, 5) is 12.8. The first kappa shape index (κ1) is 15.0. The lowest BCUT2D eigenvalue weighted by Gasteiger charge is -2.14. The van der Waals surface area contributed by atoms with E-state index in [0.717, 1.165) is 12.8 Å². The minimum Gasteiger partial charge on any atom is -0.393 e. The van der Waals surface area contributed by atoms with E-state index in [1.165, 1.54) is 4.88 Å². The molecule has 0 spiro atoms. The first-order valence-electron chi connectivity index (χ1n) is 6.36. The van der Waals surface area contributed by atoms with Crippen LogP contribution in [-0.4, -0.2) is 29.8 Å². The molecular formula is C13H22N2O2S. The number of amides is 2. The normalized spacial score (nSPS) is 13.9. The number of nitrogens with one attached hydrogen (secondary N) is 2. The van der Waals surface area contributed by atoms with Crippen LogP contribution >= 0.6 is 11.3 Å². The molecule has 1 aromatic heterocycles. The summed E-state index contributed by atoms with van der Waals surface area (Å²) in [5.41, 5.74) is 0. The molecule has 0 bridgehead atoms. The van der Waals surface area contributed by atoms with Crippen LogP contribution in [0.15, 0.2) is 17.5 Å². The van der Waals surface area contributed by atoms with E-state index in [1.807, 2.05) is 25.3 Å². The zero-order valence-electron chi connectivity index (χ0n) is 11.0. The number of aliphatic hydroxyl groups excluding tert-OH is 1. The molecule has 0 fully saturated rings. The summed E-state index contributed by atoms with van der Waals surface area (Å²) in [5.74, 6) is 0. The highest BCUT2D eigenvalue weighted by molar-refractivity contribution is 7.09. The van der Waals surface area contributed by atoms with Crippen molar-refractivity contribution in [1.82, 2.24) is 10.6 Å². The third kappa shape index (κ3) is 6.02. The van der Waals surface area contributed by atoms with Gasteiger partial charge in [-0.2, -0.15) is 0 Å². The van der Waals surface area contributed by atoms with Crippen LogP contribution in [0.4, 0.5) is 4.79 Å². The van der Waals surface area contributed by atoms with E-state index in [4.69, 9.17) is 0 Å². The Bertz CT molecular complexity index is 341. The van der Waals surface area contributed by atoms with Gasteiger partial charge in [-0.05, 0) is 31.2 Å². The van der Waals surface area contributed by atoms with Crippen molar-refractivity contribution in [3.05, 3.63) is 22.4 Å². The fourth-order valence-corrected chi connectivity index (χ4v) is 2.45. The van der Waals surface area contributed by atoms with Gasteiger partial charge in [0.15, 0.2) is 0 Å². The van der Waals surface area contributed by atoms with Crippen LogP contribution in [0, 0.1) is 0 Å². The van der Waals surface area contributed by atoms with Gasteiger partial charge in [-0.25, -0.2) is 4.79 Å². The third-order valence-electron chi connectivity index (χ3n) is 2.70. The molecule has 2 atom stereocenters. The summed E-state index contributed by atoms with van der Waals surface area (Å²) in [5, 5.41) is 17.0. The molecular weight excluding hydrogens is 248 g/mol. The molecule has 0 aliphatic rings. The van der Waals surface area contributed by atoms with Gasteiger partial charge in [-0.3, -0.25) is 0 Å². The Balaban J connectivity index is 2.15. The van der Waals surface area contributed by atoms with Crippen LogP contribution in [0.2, 0.25) is 0 Å². The molecule has 18 heavy (non-hydrogen) atoms. The highest BCUT2D eigenvalue weighted by atomic mass is 32.1. The summed E-state index contributed by atoms with van der Waals surface area (Å²) in [6.07, 6.45) is 1.85. The Labute approximate surface area is 112 Å². The second-order valence-electron chi connectivity index (χ2n) is 4.44. The standard InChI is InChI=1S/C13H22N2O2S/c1-3-11(16)6-7-14-13(17)15-10(2)9-12-5-4-8-18-12/h4-5,8,10-11,16H,3,6-7,9H2,1-2H3,(H2,14,15,17). The van der Waals surface area contributed by atoms with Crippen LogP contribution in [0.25, 0.3) is 0 Å². The minimum atomic E-state index is -0.325. The number of hydrogen-bond acceptors (Lipinski definition) is 3. The maximum absolute atomic E-state index is 11.6. The van der Waals surface area contributed by atoms with E-state index in [1.54, 1.807) is 11.3 Å². The summed E-state index contributed by atoms with van der Waals surface area (Å²) in [6.45, 7) is 4.42. The van der Waals surface area contributed by atoms with Crippen molar-refractivity contribution in [2.75, 3.05) is 6.54 Å². The molecule has 0 saturated heterocycles. The molecule has 102 valence electrons. The van der Waals surface area contributed by atoms with Gasteiger partial charge in [0.25, 0.3) is 0 Å². The number of urea groups is 1. The molecule has 1 heterocycles. The summed E-state index contributed by atoms with van der Waals surface area (Å²) in [6, 6.07) is 4.03. The Morgan fingerprint density at radius 3 is 2.94 bits per heavy atom. The average molecular weight is 270 g/mol. The van der Waals surface area contributed by atoms with Crippen LogP contribution in [-0.2, 0) is 6.42 Å². The van der Waals surface area contributed by atoms with Crippen molar-refractivity contribution in [3.8, 4) is 0 Å². The third-order valence-corrected chi connectivity index (χ3v) is 3.60. The fraction of sp³-hybridized carbons (Fsp3) is 0.615. The van der Waals surface area contributed by atoms with E-state index >= 15 is 0 Å². The predicted octanol–water partition coefficient (Wildman–Crippen LogP) is 2.14. The lowest BCUT2D eigenvalue weighted by molar-refractivity contribution is 0.160. The molecule has 4 nitrogen and oxygen atoms in total. The average Bonchev–Trinajstić information content (AvgIpc) is 2.81. The van der Waals surface area contributed by atoms with Gasteiger partial charge in [0.2, 0.25) is 0 Å². The van der Waals surface area contributed by atoms with Crippen molar-refractivity contribution in [3.63, 3.8) is 0 Å². The molecule has 0 aliphatic heterocycles. The molecule has 1 aromatic rings. The summed E-state index contributed by atoms with van der Waals surface area (Å²) in [7, 11) is 0. The monoisotopic (exact) mass is 270 g/mol. The number of aliphatic hydroxyl groups is 1. The highest BCUT2D eigenvalue weighted by Crippen LogP contribution is 2.10. The van der Waals surface area contributed by atoms with E-state index in [0.29, 0.717) is 13.0 Å². The Morgan fingerprint density at radius 1 is 1.56 bits per heavy atom. The van der Waals surface area contributed by atoms with Crippen molar-refractivity contribution < 1.29 is 9.90 Å². The second kappa shape index (κ2) is 8.11. The summed E-state index contributed by atoms with van der Waals surface area (Å²) < 4.78 is 0. The first-order valence-corrected chi connectivity index (χ1v) is 7.24. The van der Waals surface area contributed by atoms with Gasteiger partial charge in [0.1, 0.15) is 0 Å². The molecule has 2 unspecified atom stereocenters. The maximum Gasteiger partial charge on any atom is 0.315 e. The lowest BCUT2D eigenvalue weighted by atomic mass is 10.2. The lowest BCUT2D eigenvalue weighted by Crippen LogP contribution is -2.42. The van der Waals surface area contributed by atoms with Crippen LogP contribution in [0.5, 0.6) is 0 Å². The molecule has 0 aromatic carbocycles. The molecule has 0 radical (unpaired) electrons. The van der Waals surface area contributed by atoms with Gasteiger partial charge < -0.3 is 15.7 Å². The molecule has 1 rings (SSSR count). The largest absolute Gasteiger partial charge is 0.393 e. The second-order valence-corrected chi connectivity index (χ2v) is 5.47. The fourth-order valence-electron chi connectivity index (χ4n) is 1.61. The smallest absolute Gasteiger partial charge is 0.315 e. The number of carbonyl (C=O) groups excluding carboxylic acids is 1. The highest BCUT2D eigenvalue weighted by Gasteiger charge is 2.08. The van der Waals surface area contributed by atoms with Crippen LogP contribution in [0.3, 0.4) is 0 Å². The van der Waals surface area contributed by atoms with E-state index in [-0.39, 0.29) is 18.2 Å². The maximum atomic E-state index is 11.6. The Kier molecular flexibility index (Phi) is 6.75. The predicted molar refractivity (Wildman–Crippen MR) is 74.9 cm³/mol. The Hall–Kier alpha value is -1.07. The zero-order valence-corrected chi connectivity index (χ0v) is 11.8. The number of rotatable bonds is 7. The van der Waals surface area contributed by atoms with Crippen LogP contribution in [0.1, 0.15) is 31.6 Å². The SMILES string of the molecule is CCC(O)CCNC(=O)NC(C)Cc1cccs1. The first-order chi connectivity index (χ1) is 8.61. The van der Waals surface area contributed by atoms with Gasteiger partial charge in [-0.1, -0.05) is 13.0 Å². The van der Waals surface area contributed by atoms with Crippen molar-refractivity contribution in [2.45, 2.75) is 45.3 Å². The topological polar surface area (TPSA) is 61.4 Å². The quantitative estimate of drug-likeness (QED) is 0.711. The number of carbonyl (C=O) groups is 1. The van der Waals surface area contributed by atoms with Crippen molar-refractivity contribution in [2.24, 2.45) is 0 Å². The van der Waals surface area contributed by atoms with E-state index in [9.17, 15) is 9.90 Å². The molecule has 2 amide bonds. The van der Waals surface area contributed by atoms with Gasteiger partial charge in [-0.15, -0.1) is 11.3 Å². The number of thiophene rings is 1. The summed E-state index contributed by atoms with van der Waals surface area (Å²) >= 11 is 1.70. The van der Waals surface area contributed by atoms with Crippen molar-refractivity contribution >= 4 is 17.4 Å². The van der Waals surface area contributed by atoms with Crippen molar-refractivity contribution in [1.29, 1.82) is 0 Å². The molecule has 0 aliphatic carbocycles. The van der Waals surface area contributed by atoms with Gasteiger partial charge in [0, 0.05) is 23.9 Å². The van der Waals surface area contributed by atoms with E-state index < -0.39 is 0 Å². The molecule has 0 saturated carbocycles. The zero-order chi connectivity index (χ0) is 13.4. The van der Waals surface area contributed by atoms with Gasteiger partial charge >= 0.3 is 6.03 Å². The minimum absolute atomic E-state index is 0.111. The molecule has 5 heteroatoms. The Morgan fingerprint density at radius 2 is 2.33 bits per heavy atom. The van der Waals surface area contributed by atoms with Gasteiger partial charge in [0.05, 0.1) is 6.10 Å².